The van der Waals surface area contributed by atoms with Gasteiger partial charge in [0, 0.05) is 16.6 Å². The minimum atomic E-state index is -0.956. The lowest BCUT2D eigenvalue weighted by atomic mass is 10.2. The highest BCUT2D eigenvalue weighted by Gasteiger charge is 2.14. The summed E-state index contributed by atoms with van der Waals surface area (Å²) in [6, 6.07) is 6.85. The number of amides is 1. The van der Waals surface area contributed by atoms with Crippen LogP contribution in [0.4, 0.5) is 14.5 Å². The van der Waals surface area contributed by atoms with Crippen LogP contribution in [0, 0.1) is 11.6 Å². The number of ether oxygens (including phenoxy) is 3. The molecule has 9 heteroatoms. The third kappa shape index (κ3) is 7.67. The molecule has 2 aromatic carbocycles. The fraction of sp³-hybridized carbons (Fsp3) is 0.273. The standard InChI is InChI=1S/C22H22BrF2NO5/c1-3-9-30-18-7-5-14(10-19(18)29-4-2)6-8-21(28)31-13-20(27)26-22-16(23)11-15(24)12-17(22)25/h5-8,10-12H,3-4,9,13H2,1-2H3,(H,26,27)/b8-6+. The zero-order chi connectivity index (χ0) is 22.8. The number of halogens is 3. The minimum Gasteiger partial charge on any atom is -0.490 e. The lowest BCUT2D eigenvalue weighted by Gasteiger charge is -2.12. The van der Waals surface area contributed by atoms with Crippen molar-refractivity contribution in [2.24, 2.45) is 0 Å². The third-order valence-electron chi connectivity index (χ3n) is 3.76. The van der Waals surface area contributed by atoms with Crippen molar-refractivity contribution in [1.82, 2.24) is 0 Å². The van der Waals surface area contributed by atoms with Gasteiger partial charge in [-0.1, -0.05) is 13.0 Å². The molecule has 166 valence electrons. The zero-order valence-corrected chi connectivity index (χ0v) is 18.6. The van der Waals surface area contributed by atoms with Crippen LogP contribution in [0.25, 0.3) is 6.08 Å². The van der Waals surface area contributed by atoms with E-state index in [-0.39, 0.29) is 10.2 Å². The van der Waals surface area contributed by atoms with Crippen LogP contribution in [0.2, 0.25) is 0 Å². The summed E-state index contributed by atoms with van der Waals surface area (Å²) in [5, 5.41) is 2.22. The van der Waals surface area contributed by atoms with E-state index in [2.05, 4.69) is 21.2 Å². The molecule has 31 heavy (non-hydrogen) atoms. The fourth-order valence-electron chi connectivity index (χ4n) is 2.41. The van der Waals surface area contributed by atoms with Gasteiger partial charge in [0.15, 0.2) is 23.9 Å². The molecule has 1 amide bonds. The minimum absolute atomic E-state index is 0.0287. The normalized spacial score (nSPS) is 10.7. The highest BCUT2D eigenvalue weighted by molar-refractivity contribution is 9.10. The van der Waals surface area contributed by atoms with Gasteiger partial charge in [-0.3, -0.25) is 4.79 Å². The van der Waals surface area contributed by atoms with Crippen molar-refractivity contribution in [3.8, 4) is 11.5 Å². The summed E-state index contributed by atoms with van der Waals surface area (Å²) in [4.78, 5) is 23.8. The van der Waals surface area contributed by atoms with Crippen molar-refractivity contribution in [3.63, 3.8) is 0 Å². The van der Waals surface area contributed by atoms with Crippen LogP contribution in [0.3, 0.4) is 0 Å². The average Bonchev–Trinajstić information content (AvgIpc) is 2.72. The summed E-state index contributed by atoms with van der Waals surface area (Å²) in [5.41, 5.74) is 0.429. The maximum atomic E-state index is 13.7. The molecule has 0 aliphatic rings. The second-order valence-electron chi connectivity index (χ2n) is 6.22. The molecule has 1 N–H and O–H groups in total. The first-order valence-electron chi connectivity index (χ1n) is 9.52. The fourth-order valence-corrected chi connectivity index (χ4v) is 2.92. The van der Waals surface area contributed by atoms with Crippen LogP contribution < -0.4 is 14.8 Å². The van der Waals surface area contributed by atoms with E-state index in [1.807, 2.05) is 13.8 Å². The smallest absolute Gasteiger partial charge is 0.331 e. The molecule has 0 atom stereocenters. The van der Waals surface area contributed by atoms with E-state index in [9.17, 15) is 18.4 Å². The number of esters is 1. The lowest BCUT2D eigenvalue weighted by Crippen LogP contribution is -2.21. The van der Waals surface area contributed by atoms with Crippen LogP contribution >= 0.6 is 15.9 Å². The molecule has 0 saturated carbocycles. The van der Waals surface area contributed by atoms with Crippen molar-refractivity contribution in [2.45, 2.75) is 20.3 Å². The second-order valence-corrected chi connectivity index (χ2v) is 7.08. The number of hydrogen-bond acceptors (Lipinski definition) is 5. The second kappa shape index (κ2) is 12.0. The molecule has 0 aliphatic carbocycles. The first-order valence-corrected chi connectivity index (χ1v) is 10.3. The largest absolute Gasteiger partial charge is 0.490 e. The molecule has 6 nitrogen and oxygen atoms in total. The van der Waals surface area contributed by atoms with Crippen molar-refractivity contribution in [3.05, 3.63) is 58.1 Å². The maximum absolute atomic E-state index is 13.7. The summed E-state index contributed by atoms with van der Waals surface area (Å²) in [6.07, 6.45) is 3.51. The van der Waals surface area contributed by atoms with Gasteiger partial charge in [0.25, 0.3) is 5.91 Å². The Morgan fingerprint density at radius 1 is 1.10 bits per heavy atom. The van der Waals surface area contributed by atoms with Crippen molar-refractivity contribution < 1.29 is 32.6 Å². The van der Waals surface area contributed by atoms with Crippen LogP contribution in [0.1, 0.15) is 25.8 Å². The number of carbonyl (C=O) groups excluding carboxylic acids is 2. The van der Waals surface area contributed by atoms with Gasteiger partial charge in [-0.25, -0.2) is 13.6 Å². The molecule has 2 aromatic rings. The Hall–Kier alpha value is -2.94. The number of nitrogens with one attached hydrogen (secondary N) is 1. The Balaban J connectivity index is 1.93. The van der Waals surface area contributed by atoms with Gasteiger partial charge in [-0.15, -0.1) is 0 Å². The predicted molar refractivity (Wildman–Crippen MR) is 116 cm³/mol. The molecule has 0 bridgehead atoms. The van der Waals surface area contributed by atoms with Gasteiger partial charge in [0.2, 0.25) is 0 Å². The van der Waals surface area contributed by atoms with Crippen LogP contribution in [-0.4, -0.2) is 31.7 Å². The molecule has 2 rings (SSSR count). The van der Waals surface area contributed by atoms with E-state index in [1.165, 1.54) is 6.08 Å². The van der Waals surface area contributed by atoms with E-state index in [0.29, 0.717) is 36.3 Å². The predicted octanol–water partition coefficient (Wildman–Crippen LogP) is 5.11. The zero-order valence-electron chi connectivity index (χ0n) is 17.0. The van der Waals surface area contributed by atoms with Gasteiger partial charge in [0.05, 0.1) is 18.9 Å². The Morgan fingerprint density at radius 2 is 1.87 bits per heavy atom. The maximum Gasteiger partial charge on any atom is 0.331 e. The van der Waals surface area contributed by atoms with Gasteiger partial charge in [-0.2, -0.15) is 0 Å². The van der Waals surface area contributed by atoms with Gasteiger partial charge < -0.3 is 19.5 Å². The SMILES string of the molecule is CCCOc1ccc(/C=C/C(=O)OCC(=O)Nc2c(F)cc(F)cc2Br)cc1OCC. The number of carbonyl (C=O) groups is 2. The first kappa shape index (κ1) is 24.3. The molecule has 0 aliphatic heterocycles. The molecular weight excluding hydrogens is 476 g/mol. The summed E-state index contributed by atoms with van der Waals surface area (Å²) < 4.78 is 42.9. The lowest BCUT2D eigenvalue weighted by molar-refractivity contribution is -0.142. The molecule has 0 spiro atoms. The average molecular weight is 498 g/mol. The molecule has 0 heterocycles. The van der Waals surface area contributed by atoms with Crippen LogP contribution in [-0.2, 0) is 14.3 Å². The van der Waals surface area contributed by atoms with Crippen LogP contribution in [0.5, 0.6) is 11.5 Å². The Kier molecular flexibility index (Phi) is 9.45. The van der Waals surface area contributed by atoms with E-state index < -0.39 is 30.1 Å². The monoisotopic (exact) mass is 497 g/mol. The van der Waals surface area contributed by atoms with Crippen LogP contribution in [0.15, 0.2) is 40.9 Å². The molecule has 0 unspecified atom stereocenters. The Labute approximate surface area is 187 Å². The van der Waals surface area contributed by atoms with Gasteiger partial charge >= 0.3 is 5.97 Å². The van der Waals surface area contributed by atoms with Crippen molar-refractivity contribution in [1.29, 1.82) is 0 Å². The molecule has 0 radical (unpaired) electrons. The van der Waals surface area contributed by atoms with E-state index in [4.69, 9.17) is 14.2 Å². The number of rotatable bonds is 10. The number of benzene rings is 2. The summed E-state index contributed by atoms with van der Waals surface area (Å²) in [7, 11) is 0. The van der Waals surface area contributed by atoms with Crippen molar-refractivity contribution >= 4 is 39.6 Å². The summed E-state index contributed by atoms with van der Waals surface area (Å²) >= 11 is 2.96. The summed E-state index contributed by atoms with van der Waals surface area (Å²) in [5.74, 6) is -2.13. The van der Waals surface area contributed by atoms with E-state index in [1.54, 1.807) is 18.2 Å². The highest BCUT2D eigenvalue weighted by atomic mass is 79.9. The Morgan fingerprint density at radius 3 is 2.55 bits per heavy atom. The molecule has 0 saturated heterocycles. The number of hydrogen-bond donors (Lipinski definition) is 1. The summed E-state index contributed by atoms with van der Waals surface area (Å²) in [6.45, 7) is 4.23. The number of anilines is 1. The first-order chi connectivity index (χ1) is 14.8. The highest BCUT2D eigenvalue weighted by Crippen LogP contribution is 2.29. The Bertz CT molecular complexity index is 942. The third-order valence-corrected chi connectivity index (χ3v) is 4.38. The molecular formula is C22H22BrF2NO5. The van der Waals surface area contributed by atoms with Crippen molar-refractivity contribution in [2.75, 3.05) is 25.1 Å². The molecule has 0 fully saturated rings. The van der Waals surface area contributed by atoms with Gasteiger partial charge in [0.1, 0.15) is 5.82 Å². The van der Waals surface area contributed by atoms with Gasteiger partial charge in [-0.05, 0) is 59.1 Å². The van der Waals surface area contributed by atoms with E-state index >= 15 is 0 Å². The topological polar surface area (TPSA) is 73.9 Å². The van der Waals surface area contributed by atoms with E-state index in [0.717, 1.165) is 18.6 Å². The quantitative estimate of drug-likeness (QED) is 0.364. The molecule has 0 aromatic heterocycles.